The molecule has 3 rings (SSSR count). The van der Waals surface area contributed by atoms with Gasteiger partial charge in [0.05, 0.1) is 0 Å². The fourth-order valence-corrected chi connectivity index (χ4v) is 3.32. The zero-order valence-electron chi connectivity index (χ0n) is 15.4. The SMILES string of the molecule is CC(F)/C=C(\C=C/CF)Cn1c2ccccc2c2cc(C(=N)N=NN)ccc21. The molecule has 144 valence electrons. The summed E-state index contributed by atoms with van der Waals surface area (Å²) in [5, 5.41) is 16.6. The number of allylic oxidation sites excluding steroid dienone is 4. The largest absolute Gasteiger partial charge is 0.336 e. The third kappa shape index (κ3) is 3.98. The third-order valence-electron chi connectivity index (χ3n) is 4.41. The van der Waals surface area contributed by atoms with Gasteiger partial charge >= 0.3 is 0 Å². The first-order valence-electron chi connectivity index (χ1n) is 8.83. The molecule has 2 aromatic carbocycles. The molecule has 3 N–H and O–H groups in total. The summed E-state index contributed by atoms with van der Waals surface area (Å²) in [6, 6.07) is 13.4. The minimum absolute atomic E-state index is 0.0288. The van der Waals surface area contributed by atoms with Crippen LogP contribution in [0.5, 0.6) is 0 Å². The van der Waals surface area contributed by atoms with Crippen molar-refractivity contribution in [2.75, 3.05) is 6.67 Å². The minimum atomic E-state index is -1.14. The quantitative estimate of drug-likeness (QED) is 0.150. The molecule has 0 saturated carbocycles. The van der Waals surface area contributed by atoms with E-state index in [9.17, 15) is 8.78 Å². The van der Waals surface area contributed by atoms with E-state index in [0.29, 0.717) is 17.7 Å². The van der Waals surface area contributed by atoms with Crippen LogP contribution in [0.25, 0.3) is 21.8 Å². The Morgan fingerprint density at radius 1 is 1.21 bits per heavy atom. The molecule has 7 heteroatoms. The van der Waals surface area contributed by atoms with Gasteiger partial charge in [-0.25, -0.2) is 8.78 Å². The van der Waals surface area contributed by atoms with Gasteiger partial charge in [0.25, 0.3) is 0 Å². The monoisotopic (exact) mass is 381 g/mol. The van der Waals surface area contributed by atoms with E-state index >= 15 is 0 Å². The molecule has 0 aliphatic carbocycles. The van der Waals surface area contributed by atoms with Crippen molar-refractivity contribution in [2.45, 2.75) is 19.6 Å². The van der Waals surface area contributed by atoms with Crippen molar-refractivity contribution < 1.29 is 8.78 Å². The number of hydrogen-bond donors (Lipinski definition) is 2. The van der Waals surface area contributed by atoms with Crippen LogP contribution in [0.2, 0.25) is 0 Å². The van der Waals surface area contributed by atoms with Gasteiger partial charge in [-0.15, -0.1) is 5.11 Å². The Morgan fingerprint density at radius 3 is 2.68 bits per heavy atom. The van der Waals surface area contributed by atoms with Crippen LogP contribution in [0, 0.1) is 5.41 Å². The summed E-state index contributed by atoms with van der Waals surface area (Å²) in [6.07, 6.45) is 3.33. The molecule has 0 fully saturated rings. The van der Waals surface area contributed by atoms with Gasteiger partial charge in [0.1, 0.15) is 12.8 Å². The topological polar surface area (TPSA) is 79.5 Å². The Balaban J connectivity index is 2.18. The highest BCUT2D eigenvalue weighted by Crippen LogP contribution is 2.31. The molecule has 1 aromatic heterocycles. The number of hydrogen-bond acceptors (Lipinski definition) is 2. The van der Waals surface area contributed by atoms with Gasteiger partial charge in [0.15, 0.2) is 5.84 Å². The average molecular weight is 381 g/mol. The van der Waals surface area contributed by atoms with Crippen LogP contribution in [-0.4, -0.2) is 23.2 Å². The molecule has 0 bridgehead atoms. The molecule has 1 unspecified atom stereocenters. The van der Waals surface area contributed by atoms with Crippen molar-refractivity contribution in [3.63, 3.8) is 0 Å². The summed E-state index contributed by atoms with van der Waals surface area (Å²) in [7, 11) is 0. The van der Waals surface area contributed by atoms with Gasteiger partial charge < -0.3 is 10.4 Å². The van der Waals surface area contributed by atoms with Crippen molar-refractivity contribution in [2.24, 2.45) is 16.2 Å². The number of nitrogens with zero attached hydrogens (tertiary/aromatic N) is 3. The fraction of sp³-hybridized carbons (Fsp3) is 0.190. The Kier molecular flexibility index (Phi) is 5.93. The van der Waals surface area contributed by atoms with E-state index in [-0.39, 0.29) is 5.84 Å². The summed E-state index contributed by atoms with van der Waals surface area (Å²) in [4.78, 5) is 0. The molecular formula is C21H21F2N5. The van der Waals surface area contributed by atoms with E-state index in [4.69, 9.17) is 11.3 Å². The van der Waals surface area contributed by atoms with Gasteiger partial charge in [-0.1, -0.05) is 35.6 Å². The first-order valence-corrected chi connectivity index (χ1v) is 8.83. The Labute approximate surface area is 161 Å². The van der Waals surface area contributed by atoms with Crippen LogP contribution in [0.3, 0.4) is 0 Å². The number of halogens is 2. The van der Waals surface area contributed by atoms with E-state index in [0.717, 1.165) is 21.8 Å². The lowest BCUT2D eigenvalue weighted by atomic mass is 10.1. The number of alkyl halides is 2. The Bertz CT molecular complexity index is 1090. The predicted molar refractivity (Wildman–Crippen MR) is 109 cm³/mol. The van der Waals surface area contributed by atoms with E-state index in [1.54, 1.807) is 12.1 Å². The maximum Gasteiger partial charge on any atom is 0.176 e. The second kappa shape index (κ2) is 8.56. The lowest BCUT2D eigenvalue weighted by Gasteiger charge is -2.10. The van der Waals surface area contributed by atoms with E-state index in [1.165, 1.54) is 19.1 Å². The molecule has 0 aliphatic heterocycles. The first-order chi connectivity index (χ1) is 13.5. The van der Waals surface area contributed by atoms with Crippen molar-refractivity contribution in [3.05, 3.63) is 71.8 Å². The second-order valence-electron chi connectivity index (χ2n) is 6.38. The van der Waals surface area contributed by atoms with Crippen LogP contribution in [0.4, 0.5) is 8.78 Å². The molecule has 5 nitrogen and oxygen atoms in total. The molecule has 0 saturated heterocycles. The van der Waals surface area contributed by atoms with Gasteiger partial charge in [-0.05, 0) is 42.8 Å². The number of para-hydroxylation sites is 1. The molecule has 0 spiro atoms. The van der Waals surface area contributed by atoms with Crippen molar-refractivity contribution >= 4 is 27.6 Å². The molecule has 1 heterocycles. The second-order valence-corrected chi connectivity index (χ2v) is 6.38. The standard InChI is InChI=1S/C21H21F2N5/c1-14(23)11-15(5-4-10-22)13-28-19-7-3-2-6-17(19)18-12-16(8-9-20(18)28)21(24)26-27-25/h2-9,11-12,14H,10,13H2,1H3,(H3,24,25,26)/b5-4-,15-11+. The van der Waals surface area contributed by atoms with E-state index in [2.05, 4.69) is 14.9 Å². The zero-order chi connectivity index (χ0) is 20.1. The number of nitrogens with one attached hydrogen (secondary N) is 1. The number of fused-ring (bicyclic) bond motifs is 3. The summed E-state index contributed by atoms with van der Waals surface area (Å²) < 4.78 is 28.2. The normalized spacial score (nSPS) is 13.9. The summed E-state index contributed by atoms with van der Waals surface area (Å²) in [5.74, 6) is 5.02. The van der Waals surface area contributed by atoms with Crippen molar-refractivity contribution in [1.82, 2.24) is 4.57 Å². The summed E-state index contributed by atoms with van der Waals surface area (Å²) >= 11 is 0. The number of rotatable bonds is 6. The highest BCUT2D eigenvalue weighted by Gasteiger charge is 2.13. The third-order valence-corrected chi connectivity index (χ3v) is 4.41. The maximum atomic E-state index is 13.6. The number of nitrogens with two attached hydrogens (primary N) is 1. The number of amidine groups is 1. The number of aromatic nitrogens is 1. The lowest BCUT2D eigenvalue weighted by molar-refractivity contribution is 0.428. The fourth-order valence-electron chi connectivity index (χ4n) is 3.32. The molecule has 0 radical (unpaired) electrons. The van der Waals surface area contributed by atoms with Crippen molar-refractivity contribution in [1.29, 1.82) is 5.41 Å². The van der Waals surface area contributed by atoms with Gasteiger partial charge in [0.2, 0.25) is 0 Å². The van der Waals surface area contributed by atoms with Gasteiger partial charge in [-0.2, -0.15) is 0 Å². The summed E-state index contributed by atoms with van der Waals surface area (Å²) in [5.41, 5.74) is 3.17. The molecule has 1 atom stereocenters. The van der Waals surface area contributed by atoms with E-state index < -0.39 is 12.8 Å². The van der Waals surface area contributed by atoms with Gasteiger partial charge in [-0.3, -0.25) is 5.41 Å². The smallest absolute Gasteiger partial charge is 0.176 e. The Hall–Kier alpha value is -3.35. The van der Waals surface area contributed by atoms with Crippen LogP contribution < -0.4 is 5.84 Å². The average Bonchev–Trinajstić information content (AvgIpc) is 2.99. The van der Waals surface area contributed by atoms with Crippen LogP contribution in [-0.2, 0) is 6.54 Å². The maximum absolute atomic E-state index is 13.6. The highest BCUT2D eigenvalue weighted by atomic mass is 19.1. The first kappa shape index (κ1) is 19.4. The molecular weight excluding hydrogens is 360 g/mol. The van der Waals surface area contributed by atoms with Crippen LogP contribution >= 0.6 is 0 Å². The molecule has 3 aromatic rings. The molecule has 28 heavy (non-hydrogen) atoms. The van der Waals surface area contributed by atoms with Gasteiger partial charge in [0, 0.05) is 33.9 Å². The van der Waals surface area contributed by atoms with Crippen molar-refractivity contribution in [3.8, 4) is 0 Å². The predicted octanol–water partition coefficient (Wildman–Crippen LogP) is 5.26. The zero-order valence-corrected chi connectivity index (χ0v) is 15.4. The highest BCUT2D eigenvalue weighted by molar-refractivity contribution is 6.11. The molecule has 0 amide bonds. The Morgan fingerprint density at radius 2 is 1.96 bits per heavy atom. The minimum Gasteiger partial charge on any atom is -0.336 e. The lowest BCUT2D eigenvalue weighted by Crippen LogP contribution is -2.02. The summed E-state index contributed by atoms with van der Waals surface area (Å²) in [6.45, 7) is 1.24. The van der Waals surface area contributed by atoms with E-state index in [1.807, 2.05) is 36.4 Å². The van der Waals surface area contributed by atoms with Crippen LogP contribution in [0.1, 0.15) is 12.5 Å². The van der Waals surface area contributed by atoms with Crippen LogP contribution in [0.15, 0.2) is 76.6 Å². The molecule has 0 aliphatic rings. The number of benzene rings is 2.